The first-order valence-corrected chi connectivity index (χ1v) is 4.71. The van der Waals surface area contributed by atoms with Crippen molar-refractivity contribution in [1.29, 1.82) is 0 Å². The molecule has 0 bridgehead atoms. The van der Waals surface area contributed by atoms with Gasteiger partial charge in [0, 0.05) is 11.5 Å². The van der Waals surface area contributed by atoms with E-state index in [2.05, 4.69) is 6.58 Å². The second-order valence-corrected chi connectivity index (χ2v) is 2.96. The molecule has 0 unspecified atom stereocenters. The number of thiophene rings is 1. The van der Waals surface area contributed by atoms with Crippen molar-refractivity contribution in [3.05, 3.63) is 29.5 Å². The van der Waals surface area contributed by atoms with Crippen LogP contribution in [0.25, 0.3) is 0 Å². The van der Waals surface area contributed by atoms with E-state index in [1.165, 1.54) is 0 Å². The Morgan fingerprint density at radius 3 is 3.08 bits per heavy atom. The maximum atomic E-state index is 10.6. The zero-order valence-electron chi connectivity index (χ0n) is 7.06. The van der Waals surface area contributed by atoms with Gasteiger partial charge in [0.15, 0.2) is 0 Å². The number of carbonyl (C=O) groups is 1. The van der Waals surface area contributed by atoms with Gasteiger partial charge in [-0.05, 0) is 11.4 Å². The highest BCUT2D eigenvalue weighted by Crippen LogP contribution is 2.14. The monoisotopic (exact) mass is 198 g/mol. The van der Waals surface area contributed by atoms with Crippen molar-refractivity contribution < 1.29 is 14.3 Å². The summed E-state index contributed by atoms with van der Waals surface area (Å²) in [7, 11) is 0. The van der Waals surface area contributed by atoms with Gasteiger partial charge in [0.25, 0.3) is 0 Å². The van der Waals surface area contributed by atoms with Crippen molar-refractivity contribution in [2.45, 2.75) is 0 Å². The summed E-state index contributed by atoms with van der Waals surface area (Å²) in [6.45, 7) is 3.90. The molecule has 1 heterocycles. The number of ether oxygens (including phenoxy) is 2. The van der Waals surface area contributed by atoms with Crippen LogP contribution in [0.15, 0.2) is 29.5 Å². The van der Waals surface area contributed by atoms with Crippen LogP contribution in [-0.2, 0) is 9.53 Å². The summed E-state index contributed by atoms with van der Waals surface area (Å²) in [6.07, 6.45) is 1.13. The maximum Gasteiger partial charge on any atom is 0.330 e. The number of hydrogen-bond acceptors (Lipinski definition) is 4. The standard InChI is InChI=1S/C9H10O3S/c1-2-9(10)12-5-4-11-8-3-6-13-7-8/h2-3,6-7H,1,4-5H2. The molecule has 0 atom stereocenters. The Bertz CT molecular complexity index is 266. The van der Waals surface area contributed by atoms with Gasteiger partial charge in [0.1, 0.15) is 19.0 Å². The largest absolute Gasteiger partial charge is 0.489 e. The molecule has 13 heavy (non-hydrogen) atoms. The molecule has 0 fully saturated rings. The second kappa shape index (κ2) is 5.37. The van der Waals surface area contributed by atoms with Crippen LogP contribution in [0, 0.1) is 0 Å². The Balaban J connectivity index is 2.08. The first-order valence-electron chi connectivity index (χ1n) is 3.77. The van der Waals surface area contributed by atoms with Gasteiger partial charge in [0.05, 0.1) is 0 Å². The molecule has 0 aromatic carbocycles. The summed E-state index contributed by atoms with van der Waals surface area (Å²) in [5, 5.41) is 3.81. The van der Waals surface area contributed by atoms with E-state index >= 15 is 0 Å². The third-order valence-electron chi connectivity index (χ3n) is 1.26. The van der Waals surface area contributed by atoms with Gasteiger partial charge in [-0.25, -0.2) is 4.79 Å². The van der Waals surface area contributed by atoms with Gasteiger partial charge in [-0.1, -0.05) is 6.58 Å². The highest BCUT2D eigenvalue weighted by molar-refractivity contribution is 7.08. The molecule has 3 nitrogen and oxygen atoms in total. The Morgan fingerprint density at radius 2 is 2.46 bits per heavy atom. The van der Waals surface area contributed by atoms with Crippen LogP contribution in [0.5, 0.6) is 5.75 Å². The maximum absolute atomic E-state index is 10.6. The van der Waals surface area contributed by atoms with Gasteiger partial charge < -0.3 is 9.47 Å². The Kier molecular flexibility index (Phi) is 4.05. The number of carbonyl (C=O) groups excluding carboxylic acids is 1. The predicted octanol–water partition coefficient (Wildman–Crippen LogP) is 1.86. The van der Waals surface area contributed by atoms with Gasteiger partial charge in [0.2, 0.25) is 0 Å². The lowest BCUT2D eigenvalue weighted by Crippen LogP contribution is -2.09. The molecular formula is C9H10O3S. The van der Waals surface area contributed by atoms with Crippen LogP contribution in [0.3, 0.4) is 0 Å². The molecule has 0 radical (unpaired) electrons. The third kappa shape index (κ3) is 3.75. The minimum Gasteiger partial charge on any atom is -0.489 e. The van der Waals surface area contributed by atoms with Crippen molar-refractivity contribution in [2.24, 2.45) is 0 Å². The summed E-state index contributed by atoms with van der Waals surface area (Å²) in [4.78, 5) is 10.6. The van der Waals surface area contributed by atoms with Crippen molar-refractivity contribution in [1.82, 2.24) is 0 Å². The van der Waals surface area contributed by atoms with Crippen molar-refractivity contribution in [3.8, 4) is 5.75 Å². The van der Waals surface area contributed by atoms with Gasteiger partial charge in [-0.2, -0.15) is 0 Å². The van der Waals surface area contributed by atoms with Crippen molar-refractivity contribution in [3.63, 3.8) is 0 Å². The fraction of sp³-hybridized carbons (Fsp3) is 0.222. The molecule has 0 amide bonds. The molecule has 0 aliphatic carbocycles. The van der Waals surface area contributed by atoms with E-state index in [-0.39, 0.29) is 6.61 Å². The molecule has 0 spiro atoms. The van der Waals surface area contributed by atoms with E-state index < -0.39 is 5.97 Å². The molecule has 1 aromatic heterocycles. The summed E-state index contributed by atoms with van der Waals surface area (Å²) >= 11 is 1.56. The molecule has 0 aliphatic heterocycles. The van der Waals surface area contributed by atoms with Crippen LogP contribution in [-0.4, -0.2) is 19.2 Å². The fourth-order valence-electron chi connectivity index (χ4n) is 0.695. The van der Waals surface area contributed by atoms with Crippen LogP contribution < -0.4 is 4.74 Å². The quantitative estimate of drug-likeness (QED) is 0.411. The molecule has 0 saturated carbocycles. The molecule has 0 aliphatic rings. The van der Waals surface area contributed by atoms with Gasteiger partial charge in [-0.15, -0.1) is 11.3 Å². The SMILES string of the molecule is C=CC(=O)OCCOc1ccsc1. The average Bonchev–Trinajstić information content (AvgIpc) is 2.64. The fourth-order valence-corrected chi connectivity index (χ4v) is 1.27. The van der Waals surface area contributed by atoms with Gasteiger partial charge >= 0.3 is 5.97 Å². The smallest absolute Gasteiger partial charge is 0.330 e. The molecule has 70 valence electrons. The van der Waals surface area contributed by atoms with E-state index in [4.69, 9.17) is 9.47 Å². The van der Waals surface area contributed by atoms with Gasteiger partial charge in [-0.3, -0.25) is 0 Å². The minimum absolute atomic E-state index is 0.251. The van der Waals surface area contributed by atoms with E-state index in [0.717, 1.165) is 11.8 Å². The van der Waals surface area contributed by atoms with Crippen molar-refractivity contribution in [2.75, 3.05) is 13.2 Å². The zero-order chi connectivity index (χ0) is 9.52. The van der Waals surface area contributed by atoms with E-state index in [0.29, 0.717) is 6.61 Å². The van der Waals surface area contributed by atoms with E-state index in [1.54, 1.807) is 11.3 Å². The number of hydrogen-bond donors (Lipinski definition) is 0. The lowest BCUT2D eigenvalue weighted by molar-refractivity contribution is -0.138. The Labute approximate surface area is 80.6 Å². The van der Waals surface area contributed by atoms with Crippen LogP contribution in [0.4, 0.5) is 0 Å². The zero-order valence-corrected chi connectivity index (χ0v) is 7.88. The topological polar surface area (TPSA) is 35.5 Å². The Hall–Kier alpha value is -1.29. The normalized spacial score (nSPS) is 9.23. The molecule has 0 saturated heterocycles. The van der Waals surface area contributed by atoms with E-state index in [1.807, 2.05) is 16.8 Å². The molecule has 1 aromatic rings. The number of esters is 1. The summed E-state index contributed by atoms with van der Waals surface area (Å²) < 4.78 is 9.95. The summed E-state index contributed by atoms with van der Waals surface area (Å²) in [6, 6.07) is 1.86. The third-order valence-corrected chi connectivity index (χ3v) is 1.92. The molecule has 0 N–H and O–H groups in total. The molecular weight excluding hydrogens is 188 g/mol. The second-order valence-electron chi connectivity index (χ2n) is 2.18. The minimum atomic E-state index is -0.422. The van der Waals surface area contributed by atoms with Crippen LogP contribution in [0.2, 0.25) is 0 Å². The predicted molar refractivity (Wildman–Crippen MR) is 51.0 cm³/mol. The highest BCUT2D eigenvalue weighted by Gasteiger charge is 1.96. The van der Waals surface area contributed by atoms with Crippen molar-refractivity contribution >= 4 is 17.3 Å². The van der Waals surface area contributed by atoms with E-state index in [9.17, 15) is 4.79 Å². The number of rotatable bonds is 5. The summed E-state index contributed by atoms with van der Waals surface area (Å²) in [5.74, 6) is 0.383. The lowest BCUT2D eigenvalue weighted by Gasteiger charge is -2.03. The molecule has 1 rings (SSSR count). The highest BCUT2D eigenvalue weighted by atomic mass is 32.1. The molecule has 4 heteroatoms. The first-order chi connectivity index (χ1) is 6.33. The van der Waals surface area contributed by atoms with Crippen LogP contribution in [0.1, 0.15) is 0 Å². The average molecular weight is 198 g/mol. The van der Waals surface area contributed by atoms with Crippen LogP contribution >= 0.6 is 11.3 Å². The lowest BCUT2D eigenvalue weighted by atomic mass is 10.6. The first kappa shape index (κ1) is 9.80. The Morgan fingerprint density at radius 1 is 1.62 bits per heavy atom. The summed E-state index contributed by atoms with van der Waals surface area (Å²) in [5.41, 5.74) is 0.